The van der Waals surface area contributed by atoms with Gasteiger partial charge in [-0.15, -0.1) is 0 Å². The van der Waals surface area contributed by atoms with Crippen molar-refractivity contribution in [2.75, 3.05) is 5.32 Å². The molecule has 2 rings (SSSR count). The number of hydrogen-bond donors (Lipinski definition) is 1. The maximum Gasteiger partial charge on any atom is 0.153 e. The summed E-state index contributed by atoms with van der Waals surface area (Å²) in [7, 11) is 0. The minimum atomic E-state index is 0.550. The van der Waals surface area contributed by atoms with Crippen LogP contribution < -0.4 is 5.32 Å². The highest BCUT2D eigenvalue weighted by Gasteiger charge is 2.07. The molecule has 17 heavy (non-hydrogen) atoms. The molecule has 5 nitrogen and oxygen atoms in total. The first-order valence-electron chi connectivity index (χ1n) is 5.40. The Kier molecular flexibility index (Phi) is 3.06. The molecule has 0 radical (unpaired) electrons. The molecule has 2 aromatic rings. The van der Waals surface area contributed by atoms with E-state index in [0.29, 0.717) is 17.2 Å². The smallest absolute Gasteiger partial charge is 0.153 e. The second-order valence-electron chi connectivity index (χ2n) is 3.64. The van der Waals surface area contributed by atoms with Crippen LogP contribution in [0.25, 0.3) is 0 Å². The van der Waals surface area contributed by atoms with E-state index in [1.54, 1.807) is 6.20 Å². The van der Waals surface area contributed by atoms with Gasteiger partial charge in [-0.3, -0.25) is 4.68 Å². The van der Waals surface area contributed by atoms with Crippen LogP contribution in [-0.4, -0.2) is 14.8 Å². The minimum Gasteiger partial charge on any atom is -0.322 e. The molecular formula is C12H13N5. The molecule has 0 aliphatic heterocycles. The molecule has 1 N–H and O–H groups in total. The van der Waals surface area contributed by atoms with E-state index in [2.05, 4.69) is 21.5 Å². The highest BCUT2D eigenvalue weighted by molar-refractivity contribution is 5.61. The Balaban J connectivity index is 2.30. The van der Waals surface area contributed by atoms with Crippen molar-refractivity contribution in [2.24, 2.45) is 0 Å². The lowest BCUT2D eigenvalue weighted by Crippen LogP contribution is -2.00. The monoisotopic (exact) mass is 227 g/mol. The summed E-state index contributed by atoms with van der Waals surface area (Å²) in [5.74, 6) is 1.25. The molecule has 0 aliphatic rings. The Hall–Kier alpha value is -2.35. The van der Waals surface area contributed by atoms with Gasteiger partial charge in [-0.25, -0.2) is 4.98 Å². The van der Waals surface area contributed by atoms with Crippen molar-refractivity contribution >= 4 is 11.6 Å². The van der Waals surface area contributed by atoms with Crippen LogP contribution in [0, 0.1) is 18.3 Å². The molecule has 0 amide bonds. The number of rotatable bonds is 3. The Labute approximate surface area is 99.7 Å². The van der Waals surface area contributed by atoms with Gasteiger partial charge in [-0.1, -0.05) is 0 Å². The largest absolute Gasteiger partial charge is 0.322 e. The maximum atomic E-state index is 9.07. The van der Waals surface area contributed by atoms with Crippen LogP contribution in [0.2, 0.25) is 0 Å². The van der Waals surface area contributed by atoms with Crippen molar-refractivity contribution in [1.82, 2.24) is 14.8 Å². The number of pyridine rings is 1. The first-order chi connectivity index (χ1) is 8.24. The fraction of sp³-hybridized carbons (Fsp3) is 0.250. The van der Waals surface area contributed by atoms with E-state index in [1.165, 1.54) is 0 Å². The van der Waals surface area contributed by atoms with Crippen molar-refractivity contribution in [3.63, 3.8) is 0 Å². The summed E-state index contributed by atoms with van der Waals surface area (Å²) in [5.41, 5.74) is 1.46. The summed E-state index contributed by atoms with van der Waals surface area (Å²) < 4.78 is 1.81. The minimum absolute atomic E-state index is 0.550. The SMILES string of the molecule is CCn1ccc(Nc2nccc(C)c2C#N)n1. The number of nitriles is 1. The predicted molar refractivity (Wildman–Crippen MR) is 64.9 cm³/mol. The van der Waals surface area contributed by atoms with Gasteiger partial charge >= 0.3 is 0 Å². The van der Waals surface area contributed by atoms with Gasteiger partial charge in [-0.2, -0.15) is 10.4 Å². The van der Waals surface area contributed by atoms with E-state index in [4.69, 9.17) is 5.26 Å². The van der Waals surface area contributed by atoms with Crippen molar-refractivity contribution in [1.29, 1.82) is 5.26 Å². The lowest BCUT2D eigenvalue weighted by molar-refractivity contribution is 0.662. The number of nitrogens with one attached hydrogen (secondary N) is 1. The molecule has 0 bridgehead atoms. The van der Waals surface area contributed by atoms with E-state index in [9.17, 15) is 0 Å². The first-order valence-corrected chi connectivity index (χ1v) is 5.40. The fourth-order valence-electron chi connectivity index (χ4n) is 1.52. The Morgan fingerprint density at radius 1 is 1.47 bits per heavy atom. The number of aryl methyl sites for hydroxylation is 2. The quantitative estimate of drug-likeness (QED) is 0.873. The molecule has 2 aromatic heterocycles. The van der Waals surface area contributed by atoms with Crippen LogP contribution in [0.4, 0.5) is 11.6 Å². The molecular weight excluding hydrogens is 214 g/mol. The normalized spacial score (nSPS) is 9.94. The molecule has 0 atom stereocenters. The number of aromatic nitrogens is 3. The molecule has 2 heterocycles. The molecule has 86 valence electrons. The summed E-state index contributed by atoms with van der Waals surface area (Å²) in [6.07, 6.45) is 3.56. The average Bonchev–Trinajstić information content (AvgIpc) is 2.77. The maximum absolute atomic E-state index is 9.07. The van der Waals surface area contributed by atoms with E-state index in [1.807, 2.05) is 36.9 Å². The summed E-state index contributed by atoms with van der Waals surface area (Å²) in [6, 6.07) is 5.81. The Morgan fingerprint density at radius 3 is 2.94 bits per heavy atom. The molecule has 0 fully saturated rings. The van der Waals surface area contributed by atoms with Gasteiger partial charge in [0.15, 0.2) is 5.82 Å². The van der Waals surface area contributed by atoms with E-state index in [0.717, 1.165) is 12.1 Å². The van der Waals surface area contributed by atoms with E-state index < -0.39 is 0 Å². The average molecular weight is 227 g/mol. The molecule has 0 aliphatic carbocycles. The molecule has 0 unspecified atom stereocenters. The zero-order chi connectivity index (χ0) is 12.3. The summed E-state index contributed by atoms with van der Waals surface area (Å²) in [6.45, 7) is 4.71. The highest BCUT2D eigenvalue weighted by atomic mass is 15.3. The third kappa shape index (κ3) is 2.26. The van der Waals surface area contributed by atoms with E-state index >= 15 is 0 Å². The van der Waals surface area contributed by atoms with Crippen molar-refractivity contribution in [2.45, 2.75) is 20.4 Å². The third-order valence-corrected chi connectivity index (χ3v) is 2.48. The van der Waals surface area contributed by atoms with E-state index in [-0.39, 0.29) is 0 Å². The van der Waals surface area contributed by atoms with Crippen molar-refractivity contribution in [3.8, 4) is 6.07 Å². The summed E-state index contributed by atoms with van der Waals surface area (Å²) in [4.78, 5) is 4.16. The fourth-order valence-corrected chi connectivity index (χ4v) is 1.52. The second kappa shape index (κ2) is 4.66. The molecule has 5 heteroatoms. The topological polar surface area (TPSA) is 66.5 Å². The van der Waals surface area contributed by atoms with Gasteiger partial charge < -0.3 is 5.32 Å². The van der Waals surface area contributed by atoms with Crippen LogP contribution in [0.1, 0.15) is 18.1 Å². The highest BCUT2D eigenvalue weighted by Crippen LogP contribution is 2.18. The zero-order valence-electron chi connectivity index (χ0n) is 9.81. The molecule has 0 spiro atoms. The zero-order valence-corrected chi connectivity index (χ0v) is 9.81. The van der Waals surface area contributed by atoms with Crippen LogP contribution >= 0.6 is 0 Å². The van der Waals surface area contributed by atoms with Gasteiger partial charge in [-0.05, 0) is 25.5 Å². The second-order valence-corrected chi connectivity index (χ2v) is 3.64. The Morgan fingerprint density at radius 2 is 2.29 bits per heavy atom. The lowest BCUT2D eigenvalue weighted by atomic mass is 10.1. The van der Waals surface area contributed by atoms with Gasteiger partial charge in [0.2, 0.25) is 0 Å². The predicted octanol–water partition coefficient (Wildman–Crippen LogP) is 2.22. The van der Waals surface area contributed by atoms with Crippen molar-refractivity contribution in [3.05, 3.63) is 35.7 Å². The number of hydrogen-bond acceptors (Lipinski definition) is 4. The van der Waals surface area contributed by atoms with Gasteiger partial charge in [0.1, 0.15) is 11.9 Å². The number of nitrogens with zero attached hydrogens (tertiary/aromatic N) is 4. The molecule has 0 aromatic carbocycles. The Bertz CT molecular complexity index is 565. The third-order valence-electron chi connectivity index (χ3n) is 2.48. The van der Waals surface area contributed by atoms with Crippen molar-refractivity contribution < 1.29 is 0 Å². The lowest BCUT2D eigenvalue weighted by Gasteiger charge is -2.05. The van der Waals surface area contributed by atoms with Gasteiger partial charge in [0, 0.05) is 25.0 Å². The van der Waals surface area contributed by atoms with Gasteiger partial charge in [0.05, 0.1) is 5.56 Å². The standard InChI is InChI=1S/C12H13N5/c1-3-17-7-5-11(16-17)15-12-10(8-13)9(2)4-6-14-12/h4-7H,3H2,1-2H3,(H,14,15,16). The molecule has 0 saturated heterocycles. The van der Waals surface area contributed by atoms with Crippen LogP contribution in [0.15, 0.2) is 24.5 Å². The van der Waals surface area contributed by atoms with Gasteiger partial charge in [0.25, 0.3) is 0 Å². The number of anilines is 2. The van der Waals surface area contributed by atoms with Crippen LogP contribution in [0.3, 0.4) is 0 Å². The van der Waals surface area contributed by atoms with Crippen LogP contribution in [0.5, 0.6) is 0 Å². The first kappa shape index (κ1) is 11.1. The van der Waals surface area contributed by atoms with Crippen LogP contribution in [-0.2, 0) is 6.54 Å². The summed E-state index contributed by atoms with van der Waals surface area (Å²) in [5, 5.41) is 16.4. The molecule has 0 saturated carbocycles. The summed E-state index contributed by atoms with van der Waals surface area (Å²) >= 11 is 0.